The lowest BCUT2D eigenvalue weighted by atomic mass is 10.0. The molecule has 0 heterocycles. The summed E-state index contributed by atoms with van der Waals surface area (Å²) in [5.41, 5.74) is 2.01. The molecule has 128 valence electrons. The Hall–Kier alpha value is -2.20. The number of nitrogens with one attached hydrogen (secondary N) is 1. The molecule has 0 bridgehead atoms. The maximum atomic E-state index is 12.9. The minimum Gasteiger partial charge on any atom is -0.354 e. The monoisotopic (exact) mass is 328 g/mol. The van der Waals surface area contributed by atoms with Crippen molar-refractivity contribution in [2.24, 2.45) is 0 Å². The zero-order valence-corrected chi connectivity index (χ0v) is 14.3. The minimum atomic E-state index is -0.287. The number of hydrogen-bond acceptors (Lipinski definition) is 2. The molecule has 1 amide bonds. The van der Waals surface area contributed by atoms with Gasteiger partial charge >= 0.3 is 0 Å². The normalized spacial score (nSPS) is 12.2. The first-order chi connectivity index (χ1) is 11.6. The van der Waals surface area contributed by atoms with Gasteiger partial charge in [-0.1, -0.05) is 56.3 Å². The summed E-state index contributed by atoms with van der Waals surface area (Å²) in [6, 6.07) is 16.4. The van der Waals surface area contributed by atoms with Gasteiger partial charge in [0.05, 0.1) is 12.5 Å². The van der Waals surface area contributed by atoms with E-state index in [4.69, 9.17) is 0 Å². The van der Waals surface area contributed by atoms with Crippen LogP contribution in [0.1, 0.15) is 31.0 Å². The van der Waals surface area contributed by atoms with Crippen LogP contribution >= 0.6 is 0 Å². The van der Waals surface area contributed by atoms with Crippen LogP contribution in [0.15, 0.2) is 54.6 Å². The van der Waals surface area contributed by atoms with E-state index in [1.807, 2.05) is 18.2 Å². The molecule has 3 nitrogen and oxygen atoms in total. The van der Waals surface area contributed by atoms with Crippen molar-refractivity contribution in [1.29, 1.82) is 0 Å². The number of carbonyl (C=O) groups excluding carboxylic acids is 1. The molecule has 2 aromatic carbocycles. The first-order valence-corrected chi connectivity index (χ1v) is 8.44. The van der Waals surface area contributed by atoms with Gasteiger partial charge in [0, 0.05) is 6.54 Å². The summed E-state index contributed by atoms with van der Waals surface area (Å²) in [4.78, 5) is 14.5. The fourth-order valence-electron chi connectivity index (χ4n) is 2.86. The summed E-state index contributed by atoms with van der Waals surface area (Å²) in [5, 5.41) is 3.02. The highest BCUT2D eigenvalue weighted by molar-refractivity contribution is 5.78. The zero-order valence-electron chi connectivity index (χ0n) is 14.3. The molecule has 0 aromatic heterocycles. The summed E-state index contributed by atoms with van der Waals surface area (Å²) in [7, 11) is 0. The first-order valence-electron chi connectivity index (χ1n) is 8.44. The van der Waals surface area contributed by atoms with Crippen molar-refractivity contribution in [3.05, 3.63) is 71.5 Å². The van der Waals surface area contributed by atoms with Crippen LogP contribution in [-0.2, 0) is 11.2 Å². The lowest BCUT2D eigenvalue weighted by Crippen LogP contribution is -2.38. The van der Waals surface area contributed by atoms with Gasteiger partial charge in [0.15, 0.2) is 0 Å². The van der Waals surface area contributed by atoms with Gasteiger partial charge in [0.2, 0.25) is 5.91 Å². The Kier molecular flexibility index (Phi) is 6.94. The molecule has 0 aliphatic carbocycles. The Morgan fingerprint density at radius 1 is 1.04 bits per heavy atom. The molecule has 0 radical (unpaired) electrons. The predicted octanol–water partition coefficient (Wildman–Crippen LogP) is 3.57. The average molecular weight is 328 g/mol. The Balaban J connectivity index is 1.99. The molecule has 2 aromatic rings. The fraction of sp³-hybridized carbons (Fsp3) is 0.350. The Morgan fingerprint density at radius 3 is 2.25 bits per heavy atom. The van der Waals surface area contributed by atoms with Crippen molar-refractivity contribution in [3.8, 4) is 0 Å². The molecule has 1 atom stereocenters. The second-order valence-electron chi connectivity index (χ2n) is 5.76. The predicted molar refractivity (Wildman–Crippen MR) is 95.2 cm³/mol. The Labute approximate surface area is 143 Å². The molecule has 0 saturated heterocycles. The highest BCUT2D eigenvalue weighted by Crippen LogP contribution is 2.19. The Morgan fingerprint density at radius 2 is 1.67 bits per heavy atom. The summed E-state index contributed by atoms with van der Waals surface area (Å²) in [5.74, 6) is -0.334. The lowest BCUT2D eigenvalue weighted by molar-refractivity contribution is -0.120. The molecular weight excluding hydrogens is 303 g/mol. The zero-order chi connectivity index (χ0) is 17.4. The van der Waals surface area contributed by atoms with Gasteiger partial charge in [-0.05, 0) is 36.3 Å². The maximum Gasteiger partial charge on any atom is 0.224 e. The van der Waals surface area contributed by atoms with Crippen molar-refractivity contribution in [2.75, 3.05) is 19.6 Å². The van der Waals surface area contributed by atoms with Crippen molar-refractivity contribution < 1.29 is 9.18 Å². The van der Waals surface area contributed by atoms with E-state index in [9.17, 15) is 9.18 Å². The third-order valence-electron chi connectivity index (χ3n) is 4.21. The number of benzene rings is 2. The van der Waals surface area contributed by atoms with Gasteiger partial charge in [-0.2, -0.15) is 0 Å². The van der Waals surface area contributed by atoms with Gasteiger partial charge in [0.25, 0.3) is 0 Å². The number of hydrogen-bond donors (Lipinski definition) is 1. The van der Waals surface area contributed by atoms with Gasteiger partial charge in [-0.3, -0.25) is 9.69 Å². The van der Waals surface area contributed by atoms with E-state index < -0.39 is 0 Å². The fourth-order valence-corrected chi connectivity index (χ4v) is 2.86. The van der Waals surface area contributed by atoms with Crippen molar-refractivity contribution in [3.63, 3.8) is 0 Å². The SMILES string of the molecule is CCN(CC)C(CNC(=O)Cc1ccc(F)cc1)c1ccccc1. The molecule has 0 aliphatic heterocycles. The number of rotatable bonds is 8. The lowest BCUT2D eigenvalue weighted by Gasteiger charge is -2.30. The van der Waals surface area contributed by atoms with Crippen LogP contribution in [0.25, 0.3) is 0 Å². The molecule has 1 N–H and O–H groups in total. The van der Waals surface area contributed by atoms with E-state index >= 15 is 0 Å². The van der Waals surface area contributed by atoms with Crippen molar-refractivity contribution in [2.45, 2.75) is 26.3 Å². The summed E-state index contributed by atoms with van der Waals surface area (Å²) in [6.07, 6.45) is 0.264. The highest BCUT2D eigenvalue weighted by Gasteiger charge is 2.18. The molecule has 24 heavy (non-hydrogen) atoms. The molecule has 0 aliphatic rings. The quantitative estimate of drug-likeness (QED) is 0.803. The van der Waals surface area contributed by atoms with Crippen LogP contribution in [0.2, 0.25) is 0 Å². The van der Waals surface area contributed by atoms with Crippen molar-refractivity contribution in [1.82, 2.24) is 10.2 Å². The van der Waals surface area contributed by atoms with E-state index in [-0.39, 0.29) is 24.2 Å². The smallest absolute Gasteiger partial charge is 0.224 e. The standard InChI is InChI=1S/C20H25FN2O/c1-3-23(4-2)19(17-8-6-5-7-9-17)15-22-20(24)14-16-10-12-18(21)13-11-16/h5-13,19H,3-4,14-15H2,1-2H3,(H,22,24). The summed E-state index contributed by atoms with van der Waals surface area (Å²) >= 11 is 0. The molecule has 4 heteroatoms. The number of carbonyl (C=O) groups is 1. The number of amides is 1. The third kappa shape index (κ3) is 5.17. The summed E-state index contributed by atoms with van der Waals surface area (Å²) in [6.45, 7) is 6.65. The van der Waals surface area contributed by atoms with Crippen LogP contribution in [-0.4, -0.2) is 30.4 Å². The van der Waals surface area contributed by atoms with Gasteiger partial charge < -0.3 is 5.32 Å². The van der Waals surface area contributed by atoms with Crippen LogP contribution in [0.4, 0.5) is 4.39 Å². The summed E-state index contributed by atoms with van der Waals surface area (Å²) < 4.78 is 12.9. The van der Waals surface area contributed by atoms with Crippen molar-refractivity contribution >= 4 is 5.91 Å². The molecular formula is C20H25FN2O. The third-order valence-corrected chi connectivity index (χ3v) is 4.21. The maximum absolute atomic E-state index is 12.9. The molecule has 0 saturated carbocycles. The van der Waals surface area contributed by atoms with E-state index in [1.54, 1.807) is 12.1 Å². The largest absolute Gasteiger partial charge is 0.354 e. The van der Waals surface area contributed by atoms with Gasteiger partial charge in [-0.25, -0.2) is 4.39 Å². The topological polar surface area (TPSA) is 32.3 Å². The van der Waals surface area contributed by atoms with Crippen LogP contribution in [0.3, 0.4) is 0 Å². The second kappa shape index (κ2) is 9.18. The van der Waals surface area contributed by atoms with Gasteiger partial charge in [0.1, 0.15) is 5.82 Å². The number of halogens is 1. The molecule has 2 rings (SSSR count). The highest BCUT2D eigenvalue weighted by atomic mass is 19.1. The van der Waals surface area contributed by atoms with Crippen LogP contribution in [0, 0.1) is 5.82 Å². The molecule has 1 unspecified atom stereocenters. The Bertz CT molecular complexity index is 624. The van der Waals surface area contributed by atoms with E-state index in [0.717, 1.165) is 18.7 Å². The van der Waals surface area contributed by atoms with E-state index in [0.29, 0.717) is 6.54 Å². The molecule has 0 fully saturated rings. The minimum absolute atomic E-state index is 0.0466. The van der Waals surface area contributed by atoms with Crippen LogP contribution < -0.4 is 5.32 Å². The number of nitrogens with zero attached hydrogens (tertiary/aromatic N) is 1. The van der Waals surface area contributed by atoms with E-state index in [1.165, 1.54) is 17.7 Å². The average Bonchev–Trinajstić information content (AvgIpc) is 2.61. The number of likely N-dealkylation sites (N-methyl/N-ethyl adjacent to an activating group) is 1. The molecule has 0 spiro atoms. The van der Waals surface area contributed by atoms with Gasteiger partial charge in [-0.15, -0.1) is 0 Å². The second-order valence-corrected chi connectivity index (χ2v) is 5.76. The first kappa shape index (κ1) is 18.1. The van der Waals surface area contributed by atoms with Crippen LogP contribution in [0.5, 0.6) is 0 Å². The van der Waals surface area contributed by atoms with E-state index in [2.05, 4.69) is 36.2 Å².